The number of carbonyl (C=O) groups is 1. The van der Waals surface area contributed by atoms with Crippen molar-refractivity contribution in [1.82, 2.24) is 9.78 Å². The van der Waals surface area contributed by atoms with Crippen LogP contribution in [0.1, 0.15) is 32.7 Å². The molecule has 0 amide bonds. The van der Waals surface area contributed by atoms with Crippen molar-refractivity contribution in [3.05, 3.63) is 50.4 Å². The summed E-state index contributed by atoms with van der Waals surface area (Å²) in [7, 11) is -1.09. The molecule has 0 saturated heterocycles. The summed E-state index contributed by atoms with van der Waals surface area (Å²) in [4.78, 5) is 25.4. The number of rotatable bonds is 8. The number of nitrogens with one attached hydrogen (secondary N) is 2. The second-order valence-corrected chi connectivity index (χ2v) is 8.95. The second kappa shape index (κ2) is 8.64. The lowest BCUT2D eigenvalue weighted by atomic mass is 9.95. The molecule has 166 valence electrons. The molecule has 0 atom stereocenters. The van der Waals surface area contributed by atoms with Gasteiger partial charge in [-0.05, 0) is 19.1 Å². The highest BCUT2D eigenvalue weighted by molar-refractivity contribution is 7.89. The van der Waals surface area contributed by atoms with Crippen LogP contribution in [-0.4, -0.2) is 50.5 Å². The maximum absolute atomic E-state index is 13.6. The van der Waals surface area contributed by atoms with E-state index >= 15 is 0 Å². The van der Waals surface area contributed by atoms with E-state index in [0.29, 0.717) is 6.07 Å². The Hall–Kier alpha value is -2.60. The predicted molar refractivity (Wildman–Crippen MR) is 105 cm³/mol. The number of halogens is 3. The number of hydrogen-bond acceptors (Lipinski definition) is 6. The number of ketones is 1. The molecule has 0 unspecified atom stereocenters. The summed E-state index contributed by atoms with van der Waals surface area (Å²) in [6, 6.07) is 1.60. The van der Waals surface area contributed by atoms with Crippen LogP contribution in [0.3, 0.4) is 0 Å². The van der Waals surface area contributed by atoms with Crippen LogP contribution in [0.15, 0.2) is 16.9 Å². The van der Waals surface area contributed by atoms with Gasteiger partial charge in [0.1, 0.15) is 5.56 Å². The Labute approximate surface area is 170 Å². The zero-order valence-corrected chi connectivity index (χ0v) is 17.6. The van der Waals surface area contributed by atoms with E-state index in [4.69, 9.17) is 4.74 Å². The number of aryl methyl sites for hydroxylation is 2. The van der Waals surface area contributed by atoms with Crippen LogP contribution < -0.4 is 10.9 Å². The number of nitrogens with zero attached hydrogens (tertiary/aromatic N) is 1. The van der Waals surface area contributed by atoms with Crippen LogP contribution in [0.25, 0.3) is 0 Å². The lowest BCUT2D eigenvalue weighted by Gasteiger charge is -2.20. The first-order valence-corrected chi connectivity index (χ1v) is 10.8. The lowest BCUT2D eigenvalue weighted by molar-refractivity contribution is -0.137. The molecule has 0 saturated carbocycles. The molecule has 1 aromatic carbocycles. The van der Waals surface area contributed by atoms with Gasteiger partial charge in [0, 0.05) is 43.8 Å². The molecule has 0 bridgehead atoms. The first-order chi connectivity index (χ1) is 13.8. The van der Waals surface area contributed by atoms with E-state index in [-0.39, 0.29) is 35.5 Å². The summed E-state index contributed by atoms with van der Waals surface area (Å²) in [5.74, 6) is -1.69. The molecule has 2 aromatic rings. The Kier molecular flexibility index (Phi) is 6.82. The Bertz CT molecular complexity index is 1120. The van der Waals surface area contributed by atoms with Gasteiger partial charge in [-0.1, -0.05) is 0 Å². The molecule has 0 spiro atoms. The van der Waals surface area contributed by atoms with E-state index in [1.54, 1.807) is 0 Å². The van der Waals surface area contributed by atoms with Crippen molar-refractivity contribution in [2.24, 2.45) is 7.05 Å². The topological polar surface area (TPSA) is 110 Å². The molecule has 0 aliphatic carbocycles. The van der Waals surface area contributed by atoms with Crippen LogP contribution in [0.2, 0.25) is 0 Å². The average Bonchev–Trinajstić information content (AvgIpc) is 2.85. The van der Waals surface area contributed by atoms with Gasteiger partial charge in [-0.3, -0.25) is 19.4 Å². The summed E-state index contributed by atoms with van der Waals surface area (Å²) < 4.78 is 70.6. The number of carbonyl (C=O) groups excluding carboxylic acids is 1. The van der Waals surface area contributed by atoms with Gasteiger partial charge in [0.05, 0.1) is 23.6 Å². The molecule has 30 heavy (non-hydrogen) atoms. The van der Waals surface area contributed by atoms with Crippen LogP contribution in [0.4, 0.5) is 18.9 Å². The summed E-state index contributed by atoms with van der Waals surface area (Å²) in [6.45, 7) is 1.46. The molecule has 0 radical (unpaired) electrons. The summed E-state index contributed by atoms with van der Waals surface area (Å²) in [5.41, 5.74) is -3.02. The van der Waals surface area contributed by atoms with Crippen LogP contribution in [0.5, 0.6) is 0 Å². The third-order valence-electron chi connectivity index (χ3n) is 4.33. The quantitative estimate of drug-likeness (QED) is 0.470. The first-order valence-electron chi connectivity index (χ1n) is 8.71. The molecular weight excluding hydrogens is 427 g/mol. The third-order valence-corrected chi connectivity index (χ3v) is 5.15. The molecule has 2 N–H and O–H groups in total. The zero-order valence-electron chi connectivity index (χ0n) is 16.8. The number of H-pyrrole nitrogens is 1. The minimum atomic E-state index is -4.80. The van der Waals surface area contributed by atoms with Crippen LogP contribution in [-0.2, 0) is 33.6 Å². The van der Waals surface area contributed by atoms with Gasteiger partial charge >= 0.3 is 6.18 Å². The number of aromatic nitrogens is 2. The van der Waals surface area contributed by atoms with Crippen molar-refractivity contribution in [2.45, 2.75) is 18.9 Å². The fourth-order valence-corrected chi connectivity index (χ4v) is 3.90. The van der Waals surface area contributed by atoms with Crippen molar-refractivity contribution in [2.75, 3.05) is 31.8 Å². The molecule has 2 rings (SSSR count). The second-order valence-electron chi connectivity index (χ2n) is 6.81. The summed E-state index contributed by atoms with van der Waals surface area (Å²) in [5, 5.41) is 5.18. The zero-order chi connectivity index (χ0) is 22.9. The normalized spacial score (nSPS) is 12.2. The Morgan fingerprint density at radius 1 is 1.30 bits per heavy atom. The molecule has 0 aliphatic rings. The molecule has 0 aliphatic heterocycles. The van der Waals surface area contributed by atoms with E-state index in [1.807, 2.05) is 0 Å². The minimum Gasteiger partial charge on any atom is -0.383 e. The number of methoxy groups -OCH3 is 1. The highest BCUT2D eigenvalue weighted by atomic mass is 32.2. The Morgan fingerprint density at radius 3 is 2.40 bits per heavy atom. The summed E-state index contributed by atoms with van der Waals surface area (Å²) in [6.07, 6.45) is -3.95. The average molecular weight is 449 g/mol. The van der Waals surface area contributed by atoms with Crippen molar-refractivity contribution in [3.8, 4) is 0 Å². The monoisotopic (exact) mass is 449 g/mol. The molecule has 8 nitrogen and oxygen atoms in total. The molecular formula is C18H22F3N3O5S. The Balaban J connectivity index is 2.80. The number of sulfone groups is 1. The van der Waals surface area contributed by atoms with Gasteiger partial charge in [-0.15, -0.1) is 0 Å². The van der Waals surface area contributed by atoms with E-state index in [9.17, 15) is 31.2 Å². The molecule has 1 aromatic heterocycles. The highest BCUT2D eigenvalue weighted by Crippen LogP contribution is 2.39. The maximum atomic E-state index is 13.6. The van der Waals surface area contributed by atoms with Gasteiger partial charge < -0.3 is 10.1 Å². The minimum absolute atomic E-state index is 0.0469. The number of benzene rings is 1. The van der Waals surface area contributed by atoms with Crippen LogP contribution in [0, 0.1) is 6.92 Å². The molecule has 12 heteroatoms. The van der Waals surface area contributed by atoms with Crippen molar-refractivity contribution >= 4 is 21.3 Å². The number of hydrogen-bond donors (Lipinski definition) is 2. The number of ether oxygens (including phenoxy) is 1. The van der Waals surface area contributed by atoms with Gasteiger partial charge in [0.25, 0.3) is 5.56 Å². The van der Waals surface area contributed by atoms with E-state index in [2.05, 4.69) is 10.4 Å². The molecule has 1 heterocycles. The highest BCUT2D eigenvalue weighted by Gasteiger charge is 2.37. The van der Waals surface area contributed by atoms with E-state index in [1.165, 1.54) is 21.1 Å². The van der Waals surface area contributed by atoms with Crippen molar-refractivity contribution < 1.29 is 31.1 Å². The van der Waals surface area contributed by atoms with Crippen molar-refractivity contribution in [1.29, 1.82) is 0 Å². The fraction of sp³-hybridized carbons (Fsp3) is 0.444. The number of alkyl halides is 3. The predicted octanol–water partition coefficient (Wildman–Crippen LogP) is 1.87. The smallest absolute Gasteiger partial charge is 0.383 e. The number of anilines is 1. The maximum Gasteiger partial charge on any atom is 0.418 e. The summed E-state index contributed by atoms with van der Waals surface area (Å²) >= 11 is 0. The third kappa shape index (κ3) is 5.11. The van der Waals surface area contributed by atoms with Gasteiger partial charge in [0.2, 0.25) is 5.78 Å². The largest absolute Gasteiger partial charge is 0.418 e. The standard InChI is InChI=1S/C18H22F3N3O5S/c1-10-14(17(26)24(2)23-10)16(25)11-5-6-13(18(19,20)21)15(22-7-8-29-3)12(11)9-30(4,27)28/h5-6,22-23H,7-9H2,1-4H3. The lowest BCUT2D eigenvalue weighted by Crippen LogP contribution is -2.23. The van der Waals surface area contributed by atoms with Gasteiger partial charge in [-0.2, -0.15) is 13.2 Å². The SMILES string of the molecule is COCCNc1c(C(F)(F)F)ccc(C(=O)c2c(C)[nH]n(C)c2=O)c1CS(C)(=O)=O. The molecule has 0 fully saturated rings. The first kappa shape index (κ1) is 23.7. The van der Waals surface area contributed by atoms with Gasteiger partial charge in [0.15, 0.2) is 9.84 Å². The van der Waals surface area contributed by atoms with Crippen molar-refractivity contribution in [3.63, 3.8) is 0 Å². The Morgan fingerprint density at radius 2 is 1.93 bits per heavy atom. The van der Waals surface area contributed by atoms with Crippen LogP contribution >= 0.6 is 0 Å². The number of aromatic amines is 1. The fourth-order valence-electron chi connectivity index (χ4n) is 3.08. The van der Waals surface area contributed by atoms with E-state index in [0.717, 1.165) is 17.0 Å². The van der Waals surface area contributed by atoms with E-state index < -0.39 is 44.4 Å². The van der Waals surface area contributed by atoms with Gasteiger partial charge in [-0.25, -0.2) is 8.42 Å².